The van der Waals surface area contributed by atoms with Gasteiger partial charge in [0.15, 0.2) is 0 Å². The Morgan fingerprint density at radius 3 is 2.84 bits per heavy atom. The molecular formula is C12H12BrN3O3. The van der Waals surface area contributed by atoms with E-state index in [0.29, 0.717) is 10.5 Å². The van der Waals surface area contributed by atoms with E-state index in [0.717, 1.165) is 37.0 Å². The molecule has 0 aliphatic carbocycles. The fourth-order valence-corrected chi connectivity index (χ4v) is 2.89. The van der Waals surface area contributed by atoms with E-state index in [2.05, 4.69) is 21.0 Å². The van der Waals surface area contributed by atoms with Gasteiger partial charge in [0.05, 0.1) is 27.2 Å². The minimum absolute atomic E-state index is 0.0685. The van der Waals surface area contributed by atoms with Gasteiger partial charge in [0, 0.05) is 24.7 Å². The Balaban J connectivity index is 2.07. The Morgan fingerprint density at radius 1 is 1.42 bits per heavy atom. The van der Waals surface area contributed by atoms with Gasteiger partial charge >= 0.3 is 0 Å². The van der Waals surface area contributed by atoms with Crippen molar-refractivity contribution in [3.05, 3.63) is 32.9 Å². The number of rotatable bonds is 2. The number of hydrogen-bond acceptors (Lipinski definition) is 4. The van der Waals surface area contributed by atoms with Crippen LogP contribution in [0, 0.1) is 10.1 Å². The predicted molar refractivity (Wildman–Crippen MR) is 73.2 cm³/mol. The van der Waals surface area contributed by atoms with Crippen molar-refractivity contribution in [1.29, 1.82) is 0 Å². The molecule has 19 heavy (non-hydrogen) atoms. The van der Waals surface area contributed by atoms with Crippen LogP contribution < -0.4 is 0 Å². The minimum atomic E-state index is -0.394. The highest BCUT2D eigenvalue weighted by molar-refractivity contribution is 9.10. The summed E-state index contributed by atoms with van der Waals surface area (Å²) in [7, 11) is 0. The number of fused-ring (bicyclic) bond motifs is 1. The zero-order chi connectivity index (χ0) is 13.4. The lowest BCUT2D eigenvalue weighted by molar-refractivity contribution is -0.385. The van der Waals surface area contributed by atoms with Crippen molar-refractivity contribution in [3.63, 3.8) is 0 Å². The van der Waals surface area contributed by atoms with Gasteiger partial charge in [-0.1, -0.05) is 0 Å². The van der Waals surface area contributed by atoms with Gasteiger partial charge in [0.1, 0.15) is 0 Å². The van der Waals surface area contributed by atoms with Crippen molar-refractivity contribution in [2.75, 3.05) is 13.2 Å². The van der Waals surface area contributed by atoms with E-state index in [1.807, 2.05) is 4.68 Å². The molecular weight excluding hydrogens is 314 g/mol. The number of nitro benzene ring substituents is 1. The molecule has 0 radical (unpaired) electrons. The summed E-state index contributed by atoms with van der Waals surface area (Å²) in [4.78, 5) is 10.5. The van der Waals surface area contributed by atoms with Gasteiger partial charge in [0.2, 0.25) is 0 Å². The number of ether oxygens (including phenoxy) is 1. The third-order valence-electron chi connectivity index (χ3n) is 3.40. The highest BCUT2D eigenvalue weighted by Crippen LogP contribution is 2.32. The Bertz CT molecular complexity index is 634. The molecule has 0 amide bonds. The van der Waals surface area contributed by atoms with Gasteiger partial charge in [-0.3, -0.25) is 14.8 Å². The summed E-state index contributed by atoms with van der Waals surface area (Å²) in [6.07, 6.45) is 3.53. The fourth-order valence-electron chi connectivity index (χ4n) is 2.42. The highest BCUT2D eigenvalue weighted by atomic mass is 79.9. The van der Waals surface area contributed by atoms with Crippen LogP contribution in [0.15, 0.2) is 22.8 Å². The average Bonchev–Trinajstić information content (AvgIpc) is 2.81. The molecule has 0 bridgehead atoms. The topological polar surface area (TPSA) is 70.2 Å². The molecule has 100 valence electrons. The molecule has 2 aromatic rings. The zero-order valence-corrected chi connectivity index (χ0v) is 11.7. The third kappa shape index (κ3) is 2.23. The molecule has 1 saturated heterocycles. The second-order valence-corrected chi connectivity index (χ2v) is 5.41. The lowest BCUT2D eigenvalue weighted by atomic mass is 10.1. The molecule has 1 aromatic heterocycles. The van der Waals surface area contributed by atoms with Crippen LogP contribution in [-0.4, -0.2) is 27.9 Å². The first kappa shape index (κ1) is 12.6. The molecule has 3 rings (SSSR count). The molecule has 2 heterocycles. The number of nitro groups is 1. The van der Waals surface area contributed by atoms with Gasteiger partial charge < -0.3 is 4.74 Å². The summed E-state index contributed by atoms with van der Waals surface area (Å²) in [5.41, 5.74) is 0.989. The van der Waals surface area contributed by atoms with E-state index in [4.69, 9.17) is 4.74 Å². The molecule has 0 saturated carbocycles. The molecule has 1 aromatic carbocycles. The van der Waals surface area contributed by atoms with E-state index in [-0.39, 0.29) is 5.69 Å². The highest BCUT2D eigenvalue weighted by Gasteiger charge is 2.21. The number of aromatic nitrogens is 2. The fraction of sp³-hybridized carbons (Fsp3) is 0.417. The molecule has 1 fully saturated rings. The van der Waals surface area contributed by atoms with E-state index in [9.17, 15) is 10.1 Å². The van der Waals surface area contributed by atoms with Crippen LogP contribution in [0.4, 0.5) is 5.69 Å². The maximum atomic E-state index is 10.9. The summed E-state index contributed by atoms with van der Waals surface area (Å²) in [6, 6.07) is 3.64. The molecule has 6 nitrogen and oxygen atoms in total. The summed E-state index contributed by atoms with van der Waals surface area (Å²) < 4.78 is 7.78. The second kappa shape index (κ2) is 4.90. The largest absolute Gasteiger partial charge is 0.381 e. The lowest BCUT2D eigenvalue weighted by Crippen LogP contribution is -2.20. The van der Waals surface area contributed by atoms with Crippen molar-refractivity contribution in [2.45, 2.75) is 18.9 Å². The maximum absolute atomic E-state index is 10.9. The number of hydrogen-bond donors (Lipinski definition) is 0. The molecule has 0 N–H and O–H groups in total. The van der Waals surface area contributed by atoms with Gasteiger partial charge in [-0.25, -0.2) is 0 Å². The van der Waals surface area contributed by atoms with Gasteiger partial charge in [0.25, 0.3) is 5.69 Å². The van der Waals surface area contributed by atoms with Crippen molar-refractivity contribution >= 4 is 32.5 Å². The van der Waals surface area contributed by atoms with Crippen LogP contribution in [0.2, 0.25) is 0 Å². The molecule has 0 atom stereocenters. The average molecular weight is 326 g/mol. The summed E-state index contributed by atoms with van der Waals surface area (Å²) in [5, 5.41) is 16.1. The predicted octanol–water partition coefficient (Wildman–Crippen LogP) is 3.06. The Morgan fingerprint density at radius 2 is 2.16 bits per heavy atom. The summed E-state index contributed by atoms with van der Waals surface area (Å²) >= 11 is 3.25. The SMILES string of the molecule is O=[N+]([O-])c1cc2cnn(C3CCOCC3)c2cc1Br. The Hall–Kier alpha value is -1.47. The number of nitrogens with zero attached hydrogens (tertiary/aromatic N) is 3. The maximum Gasteiger partial charge on any atom is 0.284 e. The number of halogens is 1. The minimum Gasteiger partial charge on any atom is -0.381 e. The van der Waals surface area contributed by atoms with Crippen molar-refractivity contribution in [1.82, 2.24) is 9.78 Å². The van der Waals surface area contributed by atoms with Crippen LogP contribution in [0.25, 0.3) is 10.9 Å². The normalized spacial score (nSPS) is 16.9. The second-order valence-electron chi connectivity index (χ2n) is 4.55. The molecule has 1 aliphatic rings. The van der Waals surface area contributed by atoms with Crippen molar-refractivity contribution in [3.8, 4) is 0 Å². The van der Waals surface area contributed by atoms with Crippen LogP contribution in [0.5, 0.6) is 0 Å². The van der Waals surface area contributed by atoms with E-state index in [1.165, 1.54) is 0 Å². The lowest BCUT2D eigenvalue weighted by Gasteiger charge is -2.23. The third-order valence-corrected chi connectivity index (χ3v) is 4.03. The van der Waals surface area contributed by atoms with E-state index < -0.39 is 4.92 Å². The van der Waals surface area contributed by atoms with E-state index in [1.54, 1.807) is 18.3 Å². The van der Waals surface area contributed by atoms with Crippen LogP contribution in [0.3, 0.4) is 0 Å². The van der Waals surface area contributed by atoms with Crippen LogP contribution in [-0.2, 0) is 4.74 Å². The van der Waals surface area contributed by atoms with Crippen molar-refractivity contribution in [2.24, 2.45) is 0 Å². The first-order valence-electron chi connectivity index (χ1n) is 6.05. The summed E-state index contributed by atoms with van der Waals surface area (Å²) in [6.45, 7) is 1.47. The van der Waals surface area contributed by atoms with Gasteiger partial charge in [-0.05, 0) is 34.8 Å². The Kier molecular flexibility index (Phi) is 3.24. The number of benzene rings is 1. The standard InChI is InChI=1S/C12H12BrN3O3/c13-10-6-11-8(5-12(10)16(17)18)7-14-15(11)9-1-3-19-4-2-9/h5-7,9H,1-4H2. The molecule has 0 unspecified atom stereocenters. The van der Waals surface area contributed by atoms with Gasteiger partial charge in [-0.15, -0.1) is 0 Å². The van der Waals surface area contributed by atoms with Crippen LogP contribution in [0.1, 0.15) is 18.9 Å². The summed E-state index contributed by atoms with van der Waals surface area (Å²) in [5.74, 6) is 0. The first-order chi connectivity index (χ1) is 9.16. The molecule has 0 spiro atoms. The van der Waals surface area contributed by atoms with Crippen molar-refractivity contribution < 1.29 is 9.66 Å². The van der Waals surface area contributed by atoms with Crippen LogP contribution >= 0.6 is 15.9 Å². The van der Waals surface area contributed by atoms with E-state index >= 15 is 0 Å². The first-order valence-corrected chi connectivity index (χ1v) is 6.85. The quantitative estimate of drug-likeness (QED) is 0.628. The molecule has 1 aliphatic heterocycles. The van der Waals surface area contributed by atoms with Gasteiger partial charge in [-0.2, -0.15) is 5.10 Å². The monoisotopic (exact) mass is 325 g/mol. The molecule has 7 heteroatoms. The Labute approximate surface area is 117 Å². The smallest absolute Gasteiger partial charge is 0.284 e. The zero-order valence-electron chi connectivity index (χ0n) is 10.1.